The molecule has 0 spiro atoms. The fourth-order valence-corrected chi connectivity index (χ4v) is 2.80. The van der Waals surface area contributed by atoms with Gasteiger partial charge in [-0.2, -0.15) is 0 Å². The second-order valence-corrected chi connectivity index (χ2v) is 5.60. The van der Waals surface area contributed by atoms with Crippen molar-refractivity contribution in [3.8, 4) is 0 Å². The van der Waals surface area contributed by atoms with Crippen molar-refractivity contribution in [2.75, 3.05) is 20.3 Å². The summed E-state index contributed by atoms with van der Waals surface area (Å²) < 4.78 is 10.4. The number of aliphatic hydroxyl groups excluding tert-OH is 1. The second kappa shape index (κ2) is 7.82. The molecular formula is C14H26O5. The third-order valence-electron chi connectivity index (χ3n) is 3.87. The van der Waals surface area contributed by atoms with Gasteiger partial charge in [-0.15, -0.1) is 0 Å². The smallest absolute Gasteiger partial charge is 0.309 e. The highest BCUT2D eigenvalue weighted by atomic mass is 16.5. The van der Waals surface area contributed by atoms with Crippen LogP contribution in [0.4, 0.5) is 0 Å². The summed E-state index contributed by atoms with van der Waals surface area (Å²) >= 11 is 0. The minimum Gasteiger partial charge on any atom is -0.481 e. The Morgan fingerprint density at radius 1 is 1.26 bits per heavy atom. The van der Waals surface area contributed by atoms with E-state index in [-0.39, 0.29) is 19.1 Å². The van der Waals surface area contributed by atoms with Gasteiger partial charge >= 0.3 is 5.97 Å². The van der Waals surface area contributed by atoms with E-state index in [1.807, 2.05) is 6.92 Å². The first kappa shape index (κ1) is 16.4. The van der Waals surface area contributed by atoms with Crippen molar-refractivity contribution >= 4 is 5.97 Å². The summed E-state index contributed by atoms with van der Waals surface area (Å²) in [6.07, 6.45) is 3.73. The number of carboxylic acids is 1. The molecule has 1 rings (SSSR count). The number of hydrogen-bond acceptors (Lipinski definition) is 4. The number of ether oxygens (including phenoxy) is 2. The van der Waals surface area contributed by atoms with E-state index in [9.17, 15) is 15.0 Å². The van der Waals surface area contributed by atoms with E-state index in [2.05, 4.69) is 0 Å². The molecule has 1 aliphatic rings. The minimum absolute atomic E-state index is 0.0909. The van der Waals surface area contributed by atoms with Crippen LogP contribution in [0, 0.1) is 5.41 Å². The van der Waals surface area contributed by atoms with Gasteiger partial charge in [0, 0.05) is 7.11 Å². The van der Waals surface area contributed by atoms with Gasteiger partial charge in [-0.05, 0) is 26.2 Å². The zero-order valence-corrected chi connectivity index (χ0v) is 11.9. The molecule has 0 bridgehead atoms. The van der Waals surface area contributed by atoms with Crippen LogP contribution in [-0.2, 0) is 14.3 Å². The Morgan fingerprint density at radius 3 is 2.42 bits per heavy atom. The lowest BCUT2D eigenvalue weighted by molar-refractivity contribution is -0.154. The van der Waals surface area contributed by atoms with Crippen LogP contribution in [0.5, 0.6) is 0 Å². The topological polar surface area (TPSA) is 76.0 Å². The maximum atomic E-state index is 11.5. The number of hydrogen-bond donors (Lipinski definition) is 2. The van der Waals surface area contributed by atoms with Crippen LogP contribution in [0.3, 0.4) is 0 Å². The first-order chi connectivity index (χ1) is 9.00. The Morgan fingerprint density at radius 2 is 1.89 bits per heavy atom. The molecule has 0 saturated heterocycles. The molecule has 0 aliphatic heterocycles. The normalized spacial score (nSPS) is 21.8. The van der Waals surface area contributed by atoms with Crippen LogP contribution in [0.1, 0.15) is 45.4 Å². The number of rotatable bonds is 8. The molecule has 0 radical (unpaired) electrons. The number of aliphatic hydroxyl groups is 1. The third-order valence-corrected chi connectivity index (χ3v) is 3.87. The summed E-state index contributed by atoms with van der Waals surface area (Å²) in [7, 11) is 1.59. The Bertz CT molecular complexity index is 273. The van der Waals surface area contributed by atoms with Crippen molar-refractivity contribution in [3.05, 3.63) is 0 Å². The number of methoxy groups -OCH3 is 1. The number of aliphatic carboxylic acids is 1. The van der Waals surface area contributed by atoms with Crippen molar-refractivity contribution in [2.24, 2.45) is 5.41 Å². The van der Waals surface area contributed by atoms with Crippen molar-refractivity contribution in [3.63, 3.8) is 0 Å². The van der Waals surface area contributed by atoms with Gasteiger partial charge in [-0.1, -0.05) is 19.3 Å². The Hall–Kier alpha value is -0.650. The van der Waals surface area contributed by atoms with E-state index < -0.39 is 17.5 Å². The Labute approximate surface area is 114 Å². The highest BCUT2D eigenvalue weighted by molar-refractivity contribution is 5.74. The summed E-state index contributed by atoms with van der Waals surface area (Å²) in [5.74, 6) is -0.781. The van der Waals surface area contributed by atoms with Crippen LogP contribution in [-0.4, -0.2) is 48.7 Å². The largest absolute Gasteiger partial charge is 0.481 e. The van der Waals surface area contributed by atoms with E-state index in [4.69, 9.17) is 9.47 Å². The van der Waals surface area contributed by atoms with E-state index in [1.165, 1.54) is 0 Å². The molecule has 1 aliphatic carbocycles. The lowest BCUT2D eigenvalue weighted by Gasteiger charge is -2.34. The van der Waals surface area contributed by atoms with Gasteiger partial charge in [0.15, 0.2) is 0 Å². The molecule has 112 valence electrons. The average molecular weight is 274 g/mol. The Balaban J connectivity index is 2.43. The highest BCUT2D eigenvalue weighted by Crippen LogP contribution is 2.40. The molecule has 1 saturated carbocycles. The monoisotopic (exact) mass is 274 g/mol. The molecule has 19 heavy (non-hydrogen) atoms. The lowest BCUT2D eigenvalue weighted by Crippen LogP contribution is -2.38. The van der Waals surface area contributed by atoms with Crippen LogP contribution in [0.25, 0.3) is 0 Å². The van der Waals surface area contributed by atoms with Crippen LogP contribution < -0.4 is 0 Å². The van der Waals surface area contributed by atoms with Crippen molar-refractivity contribution in [1.82, 2.24) is 0 Å². The fourth-order valence-electron chi connectivity index (χ4n) is 2.80. The van der Waals surface area contributed by atoms with Crippen LogP contribution in [0.15, 0.2) is 0 Å². The molecule has 0 heterocycles. The van der Waals surface area contributed by atoms with Crippen LogP contribution >= 0.6 is 0 Å². The minimum atomic E-state index is -0.781. The lowest BCUT2D eigenvalue weighted by atomic mass is 9.71. The first-order valence-corrected chi connectivity index (χ1v) is 7.02. The van der Waals surface area contributed by atoms with Gasteiger partial charge in [-0.3, -0.25) is 4.79 Å². The standard InChI is InChI=1S/C14H26O5/c1-11(9-18-2)19-10-12(15)8-14(13(16)17)6-4-3-5-7-14/h11-12,15H,3-10H2,1-2H3,(H,16,17). The average Bonchev–Trinajstić information content (AvgIpc) is 2.38. The molecule has 5 nitrogen and oxygen atoms in total. The number of carbonyl (C=O) groups is 1. The fraction of sp³-hybridized carbons (Fsp3) is 0.929. The van der Waals surface area contributed by atoms with E-state index in [0.29, 0.717) is 19.4 Å². The van der Waals surface area contributed by atoms with Gasteiger partial charge in [0.2, 0.25) is 0 Å². The highest BCUT2D eigenvalue weighted by Gasteiger charge is 2.41. The third kappa shape index (κ3) is 5.09. The van der Waals surface area contributed by atoms with Crippen LogP contribution in [0.2, 0.25) is 0 Å². The quantitative estimate of drug-likeness (QED) is 0.706. The Kier molecular flexibility index (Phi) is 6.75. The molecule has 1 fully saturated rings. The van der Waals surface area contributed by atoms with Crippen molar-refractivity contribution in [1.29, 1.82) is 0 Å². The van der Waals surface area contributed by atoms with Crippen molar-refractivity contribution in [2.45, 2.75) is 57.7 Å². The summed E-state index contributed by atoms with van der Waals surface area (Å²) in [5.41, 5.74) is -0.758. The second-order valence-electron chi connectivity index (χ2n) is 5.60. The van der Waals surface area contributed by atoms with Gasteiger partial charge in [0.05, 0.1) is 30.8 Å². The van der Waals surface area contributed by atoms with Crippen molar-refractivity contribution < 1.29 is 24.5 Å². The molecule has 2 N–H and O–H groups in total. The summed E-state index contributed by atoms with van der Waals surface area (Å²) in [6.45, 7) is 2.50. The SMILES string of the molecule is COCC(C)OCC(O)CC1(C(=O)O)CCCCC1. The number of carboxylic acid groups (broad SMARTS) is 1. The molecule has 0 aromatic carbocycles. The van der Waals surface area contributed by atoms with Gasteiger partial charge in [0.1, 0.15) is 0 Å². The molecule has 5 heteroatoms. The zero-order chi connectivity index (χ0) is 14.3. The molecular weight excluding hydrogens is 248 g/mol. The van der Waals surface area contributed by atoms with E-state index in [0.717, 1.165) is 19.3 Å². The summed E-state index contributed by atoms with van der Waals surface area (Å²) in [5, 5.41) is 19.4. The molecule has 0 amide bonds. The first-order valence-electron chi connectivity index (χ1n) is 7.02. The molecule has 2 atom stereocenters. The molecule has 2 unspecified atom stereocenters. The maximum absolute atomic E-state index is 11.5. The van der Waals surface area contributed by atoms with Gasteiger partial charge < -0.3 is 19.7 Å². The molecule has 0 aromatic rings. The van der Waals surface area contributed by atoms with E-state index >= 15 is 0 Å². The van der Waals surface area contributed by atoms with E-state index in [1.54, 1.807) is 7.11 Å². The predicted molar refractivity (Wildman–Crippen MR) is 71.1 cm³/mol. The zero-order valence-electron chi connectivity index (χ0n) is 11.9. The molecule has 0 aromatic heterocycles. The maximum Gasteiger partial charge on any atom is 0.309 e. The summed E-state index contributed by atoms with van der Waals surface area (Å²) in [6, 6.07) is 0. The predicted octanol–water partition coefficient (Wildman–Crippen LogP) is 1.82. The summed E-state index contributed by atoms with van der Waals surface area (Å²) in [4.78, 5) is 11.5. The van der Waals surface area contributed by atoms with Gasteiger partial charge in [0.25, 0.3) is 0 Å². The van der Waals surface area contributed by atoms with Gasteiger partial charge in [-0.25, -0.2) is 0 Å².